The van der Waals surface area contributed by atoms with Crippen molar-refractivity contribution in [2.45, 2.75) is 31.4 Å². The van der Waals surface area contributed by atoms with Crippen LogP contribution in [-0.2, 0) is 4.74 Å². The summed E-state index contributed by atoms with van der Waals surface area (Å²) in [6.45, 7) is 1.96. The molecule has 2 aromatic rings. The van der Waals surface area contributed by atoms with Crippen molar-refractivity contribution < 1.29 is 9.47 Å². The molecule has 0 aliphatic heterocycles. The third-order valence-corrected chi connectivity index (χ3v) is 4.84. The average Bonchev–Trinajstić information content (AvgIpc) is 2.67. The lowest BCUT2D eigenvalue weighted by Crippen LogP contribution is -2.45. The lowest BCUT2D eigenvalue weighted by Gasteiger charge is -2.49. The van der Waals surface area contributed by atoms with Crippen molar-refractivity contribution in [3.8, 4) is 16.9 Å². The third kappa shape index (κ3) is 3.70. The van der Waals surface area contributed by atoms with Gasteiger partial charge in [0.2, 0.25) is 0 Å². The molecular formula is C21H24NO3-. The summed E-state index contributed by atoms with van der Waals surface area (Å²) >= 11 is 0. The first-order valence-corrected chi connectivity index (χ1v) is 8.48. The topological polar surface area (TPSA) is 44.8 Å². The normalized spacial score (nSPS) is 22.6. The van der Waals surface area contributed by atoms with Crippen LogP contribution in [0.3, 0.4) is 0 Å². The SMILES string of the molecule is COc1ccc(-c2ccc(N([O-])C3(C)C=CCC(OC)C3)cc2)cc1. The van der Waals surface area contributed by atoms with E-state index in [0.717, 1.165) is 28.4 Å². The Morgan fingerprint density at radius 3 is 2.16 bits per heavy atom. The summed E-state index contributed by atoms with van der Waals surface area (Å²) in [5.41, 5.74) is 2.23. The molecule has 0 amide bonds. The molecular weight excluding hydrogens is 314 g/mol. The van der Waals surface area contributed by atoms with Gasteiger partial charge in [-0.2, -0.15) is 0 Å². The van der Waals surface area contributed by atoms with Gasteiger partial charge in [-0.1, -0.05) is 36.4 Å². The lowest BCUT2D eigenvalue weighted by atomic mass is 9.86. The van der Waals surface area contributed by atoms with Crippen LogP contribution in [0.1, 0.15) is 19.8 Å². The van der Waals surface area contributed by atoms with Gasteiger partial charge in [0.1, 0.15) is 5.75 Å². The van der Waals surface area contributed by atoms with Crippen molar-refractivity contribution in [3.63, 3.8) is 0 Å². The summed E-state index contributed by atoms with van der Waals surface area (Å²) < 4.78 is 10.6. The Kier molecular flexibility index (Phi) is 5.11. The standard InChI is InChI=1S/C21H24NO3/c1-21(14-4-5-20(15-21)25-3)22(23)18-10-6-16(7-11-18)17-8-12-19(24-2)13-9-17/h4,6-14,20H,5,15H2,1-3H3/q-1. The summed E-state index contributed by atoms with van der Waals surface area (Å²) in [6.07, 6.45) is 5.66. The highest BCUT2D eigenvalue weighted by atomic mass is 16.5. The summed E-state index contributed by atoms with van der Waals surface area (Å²) in [6, 6.07) is 15.6. The van der Waals surface area contributed by atoms with Gasteiger partial charge in [-0.3, -0.25) is 0 Å². The van der Waals surface area contributed by atoms with Crippen LogP contribution in [0.25, 0.3) is 11.1 Å². The van der Waals surface area contributed by atoms with Crippen molar-refractivity contribution in [2.24, 2.45) is 0 Å². The van der Waals surface area contributed by atoms with E-state index in [1.165, 1.54) is 0 Å². The molecule has 1 aliphatic carbocycles. The fourth-order valence-electron chi connectivity index (χ4n) is 3.28. The number of benzene rings is 2. The van der Waals surface area contributed by atoms with Gasteiger partial charge < -0.3 is 19.7 Å². The van der Waals surface area contributed by atoms with Gasteiger partial charge in [0.05, 0.1) is 13.2 Å². The fraction of sp³-hybridized carbons (Fsp3) is 0.333. The maximum absolute atomic E-state index is 12.9. The van der Waals surface area contributed by atoms with Crippen molar-refractivity contribution in [3.05, 3.63) is 65.9 Å². The van der Waals surface area contributed by atoms with Crippen molar-refractivity contribution >= 4 is 5.69 Å². The molecule has 0 aromatic heterocycles. The summed E-state index contributed by atoms with van der Waals surface area (Å²) in [5.74, 6) is 0.829. The summed E-state index contributed by atoms with van der Waals surface area (Å²) in [5, 5.41) is 14.0. The largest absolute Gasteiger partial charge is 0.758 e. The average molecular weight is 338 g/mol. The Balaban J connectivity index is 1.79. The Morgan fingerprint density at radius 2 is 1.60 bits per heavy atom. The van der Waals surface area contributed by atoms with E-state index in [-0.39, 0.29) is 6.10 Å². The Hall–Kier alpha value is -2.30. The van der Waals surface area contributed by atoms with E-state index in [9.17, 15) is 5.21 Å². The maximum atomic E-state index is 12.9. The molecule has 2 atom stereocenters. The minimum atomic E-state index is -0.583. The van der Waals surface area contributed by atoms with E-state index in [4.69, 9.17) is 9.47 Å². The number of methoxy groups -OCH3 is 2. The third-order valence-electron chi connectivity index (χ3n) is 4.84. The van der Waals surface area contributed by atoms with Crippen LogP contribution >= 0.6 is 0 Å². The van der Waals surface area contributed by atoms with Gasteiger partial charge >= 0.3 is 0 Å². The highest BCUT2D eigenvalue weighted by Gasteiger charge is 2.30. The summed E-state index contributed by atoms with van der Waals surface area (Å²) in [4.78, 5) is 0. The smallest absolute Gasteiger partial charge is 0.118 e. The lowest BCUT2D eigenvalue weighted by molar-refractivity contribution is 0.0801. The second kappa shape index (κ2) is 7.30. The number of ether oxygens (including phenoxy) is 2. The van der Waals surface area contributed by atoms with Gasteiger partial charge in [0, 0.05) is 18.3 Å². The minimum Gasteiger partial charge on any atom is -0.758 e. The maximum Gasteiger partial charge on any atom is 0.118 e. The predicted molar refractivity (Wildman–Crippen MR) is 102 cm³/mol. The number of rotatable bonds is 5. The molecule has 0 radical (unpaired) electrons. The molecule has 0 bridgehead atoms. The molecule has 0 heterocycles. The second-order valence-corrected chi connectivity index (χ2v) is 6.63. The zero-order valence-electron chi connectivity index (χ0n) is 14.9. The molecule has 0 fully saturated rings. The number of nitrogens with zero attached hydrogens (tertiary/aromatic N) is 1. The first-order chi connectivity index (χ1) is 12.1. The van der Waals surface area contributed by atoms with E-state index < -0.39 is 5.54 Å². The van der Waals surface area contributed by atoms with Gasteiger partial charge in [-0.25, -0.2) is 0 Å². The van der Waals surface area contributed by atoms with E-state index in [1.54, 1.807) is 14.2 Å². The Labute approximate surface area is 149 Å². The van der Waals surface area contributed by atoms with Crippen molar-refractivity contribution in [1.29, 1.82) is 0 Å². The molecule has 0 spiro atoms. The van der Waals surface area contributed by atoms with Gasteiger partial charge in [-0.15, -0.1) is 0 Å². The molecule has 0 N–H and O–H groups in total. The van der Waals surface area contributed by atoms with Gasteiger partial charge in [0.25, 0.3) is 0 Å². The minimum absolute atomic E-state index is 0.0880. The van der Waals surface area contributed by atoms with E-state index in [0.29, 0.717) is 12.1 Å². The molecule has 25 heavy (non-hydrogen) atoms. The first-order valence-electron chi connectivity index (χ1n) is 8.48. The van der Waals surface area contributed by atoms with E-state index in [1.807, 2.05) is 67.6 Å². The molecule has 0 saturated heterocycles. The van der Waals surface area contributed by atoms with Gasteiger partial charge in [-0.05, 0) is 55.2 Å². The number of hydrogen-bond donors (Lipinski definition) is 0. The zero-order valence-corrected chi connectivity index (χ0v) is 14.9. The second-order valence-electron chi connectivity index (χ2n) is 6.63. The molecule has 4 heteroatoms. The molecule has 132 valence electrons. The van der Waals surface area contributed by atoms with Crippen LogP contribution < -0.4 is 9.80 Å². The molecule has 3 rings (SSSR count). The molecule has 0 saturated carbocycles. The molecule has 2 aromatic carbocycles. The zero-order chi connectivity index (χ0) is 17.9. The van der Waals surface area contributed by atoms with E-state index in [2.05, 4.69) is 0 Å². The van der Waals surface area contributed by atoms with Crippen LogP contribution in [0.4, 0.5) is 5.69 Å². The monoisotopic (exact) mass is 338 g/mol. The van der Waals surface area contributed by atoms with Crippen LogP contribution in [0.5, 0.6) is 5.75 Å². The van der Waals surface area contributed by atoms with Gasteiger partial charge in [0.15, 0.2) is 0 Å². The molecule has 2 unspecified atom stereocenters. The molecule has 4 nitrogen and oxygen atoms in total. The first kappa shape index (κ1) is 17.5. The number of hydroxylamine groups is 1. The Bertz CT molecular complexity index is 724. The fourth-order valence-corrected chi connectivity index (χ4v) is 3.28. The quantitative estimate of drug-likeness (QED) is 0.581. The Morgan fingerprint density at radius 1 is 1.00 bits per heavy atom. The van der Waals surface area contributed by atoms with E-state index >= 15 is 0 Å². The van der Waals surface area contributed by atoms with Crippen LogP contribution in [0.2, 0.25) is 0 Å². The highest BCUT2D eigenvalue weighted by molar-refractivity contribution is 5.67. The van der Waals surface area contributed by atoms with Crippen LogP contribution in [0.15, 0.2) is 60.7 Å². The van der Waals surface area contributed by atoms with Crippen LogP contribution in [-0.4, -0.2) is 25.9 Å². The highest BCUT2D eigenvalue weighted by Crippen LogP contribution is 2.34. The molecule has 1 aliphatic rings. The van der Waals surface area contributed by atoms with Crippen LogP contribution in [0, 0.1) is 5.21 Å². The van der Waals surface area contributed by atoms with Crippen molar-refractivity contribution in [2.75, 3.05) is 19.3 Å². The number of hydrogen-bond acceptors (Lipinski definition) is 4. The predicted octanol–water partition coefficient (Wildman–Crippen LogP) is 4.79. The summed E-state index contributed by atoms with van der Waals surface area (Å²) in [7, 11) is 3.35. The van der Waals surface area contributed by atoms with Crippen molar-refractivity contribution in [1.82, 2.24) is 0 Å². The number of anilines is 1.